The lowest BCUT2D eigenvalue weighted by Gasteiger charge is -2.30. The Balaban J connectivity index is 1.75. The van der Waals surface area contributed by atoms with Crippen molar-refractivity contribution in [3.05, 3.63) is 59.2 Å². The molecule has 38 heavy (non-hydrogen) atoms. The van der Waals surface area contributed by atoms with Crippen LogP contribution in [0.15, 0.2) is 42.5 Å². The van der Waals surface area contributed by atoms with E-state index in [9.17, 15) is 18.0 Å². The third-order valence-corrected chi connectivity index (χ3v) is 8.32. The third kappa shape index (κ3) is 7.96. The minimum atomic E-state index is -3.54. The van der Waals surface area contributed by atoms with Gasteiger partial charge in [-0.05, 0) is 74.9 Å². The van der Waals surface area contributed by atoms with Gasteiger partial charge < -0.3 is 15.0 Å². The van der Waals surface area contributed by atoms with Crippen molar-refractivity contribution in [2.24, 2.45) is 0 Å². The second kappa shape index (κ2) is 13.1. The number of rotatable bonds is 12. The fourth-order valence-electron chi connectivity index (χ4n) is 4.91. The number of aryl methyl sites for hydroxylation is 2. The van der Waals surface area contributed by atoms with Crippen LogP contribution in [-0.2, 0) is 26.2 Å². The van der Waals surface area contributed by atoms with Gasteiger partial charge in [0.2, 0.25) is 21.8 Å². The molecule has 0 aliphatic heterocycles. The molecule has 8 nitrogen and oxygen atoms in total. The van der Waals surface area contributed by atoms with Gasteiger partial charge in [-0.2, -0.15) is 0 Å². The van der Waals surface area contributed by atoms with E-state index in [-0.39, 0.29) is 37.4 Å². The monoisotopic (exact) mass is 543 g/mol. The van der Waals surface area contributed by atoms with Crippen LogP contribution in [0.3, 0.4) is 0 Å². The molecule has 1 aliphatic rings. The Morgan fingerprint density at radius 3 is 2.47 bits per heavy atom. The standard InChI is InChI=1S/C29H41N3O5S/c1-21-15-16-22(2)27(18-21)32(38(5,35)36)17-9-14-28(33)31(20-24-10-8-13-26(19-24)37-4)23(3)29(34)30-25-11-6-7-12-25/h8,10,13,15-16,18-19,23,25H,6-7,9,11-12,14,17,20H2,1-5H3,(H,30,34). The number of sulfonamides is 1. The first-order chi connectivity index (χ1) is 18.0. The number of anilines is 1. The highest BCUT2D eigenvalue weighted by atomic mass is 32.2. The molecule has 1 aliphatic carbocycles. The number of hydrogen-bond donors (Lipinski definition) is 1. The Morgan fingerprint density at radius 1 is 1.11 bits per heavy atom. The summed E-state index contributed by atoms with van der Waals surface area (Å²) in [6, 6.07) is 12.6. The van der Waals surface area contributed by atoms with E-state index in [0.717, 1.165) is 42.4 Å². The van der Waals surface area contributed by atoms with Crippen LogP contribution in [-0.4, -0.2) is 57.1 Å². The largest absolute Gasteiger partial charge is 0.497 e. The van der Waals surface area contributed by atoms with E-state index in [0.29, 0.717) is 17.9 Å². The van der Waals surface area contributed by atoms with Crippen molar-refractivity contribution in [3.63, 3.8) is 0 Å². The molecule has 0 radical (unpaired) electrons. The molecular weight excluding hydrogens is 502 g/mol. The van der Waals surface area contributed by atoms with Gasteiger partial charge >= 0.3 is 0 Å². The minimum Gasteiger partial charge on any atom is -0.497 e. The van der Waals surface area contributed by atoms with E-state index in [2.05, 4.69) is 5.32 Å². The maximum absolute atomic E-state index is 13.5. The first-order valence-electron chi connectivity index (χ1n) is 13.3. The summed E-state index contributed by atoms with van der Waals surface area (Å²) in [5, 5.41) is 3.10. The van der Waals surface area contributed by atoms with Gasteiger partial charge in [-0.15, -0.1) is 0 Å². The SMILES string of the molecule is COc1cccc(CN(C(=O)CCCN(c2cc(C)ccc2C)S(C)(=O)=O)C(C)C(=O)NC2CCCC2)c1. The van der Waals surface area contributed by atoms with Crippen LogP contribution >= 0.6 is 0 Å². The smallest absolute Gasteiger partial charge is 0.242 e. The van der Waals surface area contributed by atoms with Gasteiger partial charge in [-0.3, -0.25) is 13.9 Å². The minimum absolute atomic E-state index is 0.113. The Hall–Kier alpha value is -3.07. The quantitative estimate of drug-likeness (QED) is 0.430. The fourth-order valence-corrected chi connectivity index (χ4v) is 5.93. The maximum Gasteiger partial charge on any atom is 0.242 e. The van der Waals surface area contributed by atoms with Crippen LogP contribution < -0.4 is 14.4 Å². The number of benzene rings is 2. The highest BCUT2D eigenvalue weighted by Gasteiger charge is 2.29. The average Bonchev–Trinajstić information content (AvgIpc) is 3.38. The number of ether oxygens (including phenoxy) is 1. The van der Waals surface area contributed by atoms with Gasteiger partial charge in [0.15, 0.2) is 0 Å². The van der Waals surface area contributed by atoms with Crippen molar-refractivity contribution in [2.75, 3.05) is 24.2 Å². The van der Waals surface area contributed by atoms with Gasteiger partial charge in [-0.1, -0.05) is 37.1 Å². The molecule has 0 saturated heterocycles. The molecule has 3 rings (SSSR count). The number of methoxy groups -OCH3 is 1. The van der Waals surface area contributed by atoms with E-state index >= 15 is 0 Å². The molecule has 1 unspecified atom stereocenters. The summed E-state index contributed by atoms with van der Waals surface area (Å²) in [6.07, 6.45) is 5.74. The van der Waals surface area contributed by atoms with E-state index in [1.54, 1.807) is 18.9 Å². The molecular formula is C29H41N3O5S. The van der Waals surface area contributed by atoms with Gasteiger partial charge in [0.05, 0.1) is 19.1 Å². The molecule has 2 aromatic rings. The molecule has 1 fully saturated rings. The van der Waals surface area contributed by atoms with Crippen LogP contribution in [0.25, 0.3) is 0 Å². The van der Waals surface area contributed by atoms with Gasteiger partial charge in [-0.25, -0.2) is 8.42 Å². The summed E-state index contributed by atoms with van der Waals surface area (Å²) in [4.78, 5) is 28.2. The topological polar surface area (TPSA) is 96.0 Å². The first-order valence-corrected chi connectivity index (χ1v) is 15.1. The molecule has 0 heterocycles. The van der Waals surface area contributed by atoms with Crippen molar-refractivity contribution in [2.45, 2.75) is 77.9 Å². The Kier molecular flexibility index (Phi) is 10.2. The highest BCUT2D eigenvalue weighted by Crippen LogP contribution is 2.25. The molecule has 0 spiro atoms. The lowest BCUT2D eigenvalue weighted by Crippen LogP contribution is -2.49. The number of carbonyl (C=O) groups is 2. The van der Waals surface area contributed by atoms with Crippen LogP contribution in [0, 0.1) is 13.8 Å². The van der Waals surface area contributed by atoms with Crippen molar-refractivity contribution in [1.29, 1.82) is 0 Å². The molecule has 2 aromatic carbocycles. The van der Waals surface area contributed by atoms with Crippen molar-refractivity contribution in [1.82, 2.24) is 10.2 Å². The summed E-state index contributed by atoms with van der Waals surface area (Å²) < 4.78 is 32.0. The Bertz CT molecular complexity index is 1220. The lowest BCUT2D eigenvalue weighted by molar-refractivity contribution is -0.141. The van der Waals surface area contributed by atoms with E-state index in [1.165, 1.54) is 10.6 Å². The van der Waals surface area contributed by atoms with Crippen molar-refractivity contribution < 1.29 is 22.7 Å². The highest BCUT2D eigenvalue weighted by molar-refractivity contribution is 7.92. The van der Waals surface area contributed by atoms with Crippen LogP contribution in [0.1, 0.15) is 62.1 Å². The fraction of sp³-hybridized carbons (Fsp3) is 0.517. The molecule has 2 amide bonds. The van der Waals surface area contributed by atoms with Crippen molar-refractivity contribution in [3.8, 4) is 5.75 Å². The predicted molar refractivity (Wildman–Crippen MR) is 151 cm³/mol. The molecule has 1 N–H and O–H groups in total. The molecule has 1 atom stereocenters. The molecule has 0 aromatic heterocycles. The van der Waals surface area contributed by atoms with E-state index < -0.39 is 16.1 Å². The van der Waals surface area contributed by atoms with E-state index in [4.69, 9.17) is 4.74 Å². The number of carbonyl (C=O) groups excluding carboxylic acids is 2. The number of hydrogen-bond acceptors (Lipinski definition) is 5. The summed E-state index contributed by atoms with van der Waals surface area (Å²) in [7, 11) is -1.96. The number of nitrogens with one attached hydrogen (secondary N) is 1. The second-order valence-electron chi connectivity index (χ2n) is 10.3. The zero-order valence-electron chi connectivity index (χ0n) is 23.2. The van der Waals surface area contributed by atoms with Gasteiger partial charge in [0.1, 0.15) is 11.8 Å². The second-order valence-corrected chi connectivity index (χ2v) is 12.2. The van der Waals surface area contributed by atoms with Crippen LogP contribution in [0.2, 0.25) is 0 Å². The zero-order valence-corrected chi connectivity index (χ0v) is 24.0. The molecule has 1 saturated carbocycles. The summed E-state index contributed by atoms with van der Waals surface area (Å²) in [5.74, 6) is 0.313. The summed E-state index contributed by atoms with van der Waals surface area (Å²) >= 11 is 0. The maximum atomic E-state index is 13.5. The van der Waals surface area contributed by atoms with Crippen LogP contribution in [0.4, 0.5) is 5.69 Å². The van der Waals surface area contributed by atoms with Gasteiger partial charge in [0, 0.05) is 25.6 Å². The predicted octanol–water partition coefficient (Wildman–Crippen LogP) is 4.33. The number of nitrogens with zero attached hydrogens (tertiary/aromatic N) is 2. The van der Waals surface area contributed by atoms with Crippen molar-refractivity contribution >= 4 is 27.5 Å². The molecule has 208 valence electrons. The third-order valence-electron chi connectivity index (χ3n) is 7.14. The van der Waals surface area contributed by atoms with Crippen LogP contribution in [0.5, 0.6) is 5.75 Å². The average molecular weight is 544 g/mol. The summed E-state index contributed by atoms with van der Waals surface area (Å²) in [5.41, 5.74) is 3.29. The Morgan fingerprint density at radius 2 is 1.82 bits per heavy atom. The molecule has 0 bridgehead atoms. The normalized spacial score (nSPS) is 14.7. The first kappa shape index (κ1) is 29.5. The summed E-state index contributed by atoms with van der Waals surface area (Å²) in [6.45, 7) is 5.97. The lowest BCUT2D eigenvalue weighted by atomic mass is 10.1. The van der Waals surface area contributed by atoms with Gasteiger partial charge in [0.25, 0.3) is 0 Å². The molecule has 9 heteroatoms. The van der Waals surface area contributed by atoms with E-state index in [1.807, 2.05) is 56.3 Å². The number of amides is 2. The zero-order chi connectivity index (χ0) is 27.9. The Labute approximate surface area is 227 Å².